The Morgan fingerprint density at radius 3 is 2.38 bits per heavy atom. The topological polar surface area (TPSA) is 64.6 Å². The third-order valence-corrected chi connectivity index (χ3v) is 1.49. The van der Waals surface area contributed by atoms with Gasteiger partial charge < -0.3 is 14.8 Å². The first-order valence-corrected chi connectivity index (χ1v) is 4.81. The van der Waals surface area contributed by atoms with E-state index in [2.05, 4.69) is 16.0 Å². The van der Waals surface area contributed by atoms with Crippen LogP contribution in [0.15, 0.2) is 0 Å². The van der Waals surface area contributed by atoms with Gasteiger partial charge >= 0.3 is 12.1 Å². The molecule has 1 atom stereocenters. The lowest BCUT2D eigenvalue weighted by Gasteiger charge is -2.21. The van der Waals surface area contributed by atoms with Crippen LogP contribution in [0.5, 0.6) is 0 Å². The summed E-state index contributed by atoms with van der Waals surface area (Å²) in [5.41, 5.74) is -0.603. The van der Waals surface area contributed by atoms with E-state index in [-0.39, 0.29) is 6.42 Å². The van der Waals surface area contributed by atoms with Gasteiger partial charge in [0.25, 0.3) is 0 Å². The molecule has 16 heavy (non-hydrogen) atoms. The minimum atomic E-state index is -0.720. The normalized spacial score (nSPS) is 12.2. The number of esters is 1. The molecule has 1 N–H and O–H groups in total. The van der Waals surface area contributed by atoms with Gasteiger partial charge in [0.15, 0.2) is 0 Å². The number of nitrogens with one attached hydrogen (secondary N) is 1. The van der Waals surface area contributed by atoms with Crippen LogP contribution in [-0.4, -0.2) is 30.8 Å². The van der Waals surface area contributed by atoms with E-state index < -0.39 is 23.7 Å². The van der Waals surface area contributed by atoms with Crippen LogP contribution in [0, 0.1) is 12.3 Å². The van der Waals surface area contributed by atoms with Crippen LogP contribution in [0.25, 0.3) is 0 Å². The number of terminal acetylenes is 1. The molecule has 0 fully saturated rings. The van der Waals surface area contributed by atoms with Gasteiger partial charge in [0.05, 0.1) is 13.5 Å². The Hall–Kier alpha value is -1.70. The molecule has 0 bridgehead atoms. The number of hydrogen-bond acceptors (Lipinski definition) is 4. The second kappa shape index (κ2) is 6.01. The molecule has 0 aliphatic heterocycles. The standard InChI is InChI=1S/C11H17NO4/c1-6-8(7-9(13)15-5)12-10(14)16-11(2,3)4/h1,8H,7H2,2-5H3,(H,12,14)/t8-/m1/s1. The molecule has 0 spiro atoms. The van der Waals surface area contributed by atoms with E-state index in [1.807, 2.05) is 0 Å². The van der Waals surface area contributed by atoms with Gasteiger partial charge in [-0.15, -0.1) is 6.42 Å². The second-order valence-corrected chi connectivity index (χ2v) is 4.15. The van der Waals surface area contributed by atoms with E-state index >= 15 is 0 Å². The summed E-state index contributed by atoms with van der Waals surface area (Å²) < 4.78 is 9.43. The molecule has 5 heteroatoms. The van der Waals surface area contributed by atoms with Crippen molar-refractivity contribution < 1.29 is 19.1 Å². The highest BCUT2D eigenvalue weighted by molar-refractivity contribution is 5.73. The number of ether oxygens (including phenoxy) is 2. The molecule has 0 aliphatic rings. The van der Waals surface area contributed by atoms with Crippen LogP contribution in [0.3, 0.4) is 0 Å². The van der Waals surface area contributed by atoms with Gasteiger partial charge in [-0.2, -0.15) is 0 Å². The molecule has 0 saturated heterocycles. The molecule has 90 valence electrons. The number of hydrogen-bond donors (Lipinski definition) is 1. The van der Waals surface area contributed by atoms with Gasteiger partial charge in [0.1, 0.15) is 11.6 Å². The van der Waals surface area contributed by atoms with Crippen molar-refractivity contribution in [2.45, 2.75) is 38.8 Å². The highest BCUT2D eigenvalue weighted by atomic mass is 16.6. The maximum atomic E-state index is 11.3. The first kappa shape index (κ1) is 14.3. The fraction of sp³-hybridized carbons (Fsp3) is 0.636. The maximum Gasteiger partial charge on any atom is 0.408 e. The van der Waals surface area contributed by atoms with Crippen molar-refractivity contribution in [3.63, 3.8) is 0 Å². The maximum absolute atomic E-state index is 11.3. The lowest BCUT2D eigenvalue weighted by atomic mass is 10.2. The average molecular weight is 227 g/mol. The predicted octanol–water partition coefficient (Wildman–Crippen LogP) is 1.08. The van der Waals surface area contributed by atoms with E-state index in [1.54, 1.807) is 20.8 Å². The van der Waals surface area contributed by atoms with Gasteiger partial charge in [0.2, 0.25) is 0 Å². The Labute approximate surface area is 95.5 Å². The molecule has 5 nitrogen and oxygen atoms in total. The van der Waals surface area contributed by atoms with Crippen molar-refractivity contribution in [3.05, 3.63) is 0 Å². The lowest BCUT2D eigenvalue weighted by molar-refractivity contribution is -0.140. The van der Waals surface area contributed by atoms with Crippen LogP contribution >= 0.6 is 0 Å². The molecule has 0 saturated carbocycles. The molecule has 0 aromatic carbocycles. The van der Waals surface area contributed by atoms with Crippen molar-refractivity contribution in [3.8, 4) is 12.3 Å². The lowest BCUT2D eigenvalue weighted by Crippen LogP contribution is -2.39. The monoisotopic (exact) mass is 227 g/mol. The van der Waals surface area contributed by atoms with Crippen molar-refractivity contribution in [2.24, 2.45) is 0 Å². The fourth-order valence-corrected chi connectivity index (χ4v) is 0.851. The summed E-state index contributed by atoms with van der Waals surface area (Å²) in [5, 5.41) is 2.39. The average Bonchev–Trinajstić information content (AvgIpc) is 2.13. The van der Waals surface area contributed by atoms with Crippen LogP contribution < -0.4 is 5.32 Å². The van der Waals surface area contributed by atoms with Crippen LogP contribution in [0.2, 0.25) is 0 Å². The summed E-state index contributed by atoms with van der Waals surface area (Å²) in [6, 6.07) is -0.720. The quantitative estimate of drug-likeness (QED) is 0.578. The molecule has 0 aliphatic carbocycles. The summed E-state index contributed by atoms with van der Waals surface area (Å²) >= 11 is 0. The smallest absolute Gasteiger partial charge is 0.408 e. The number of amides is 1. The molecular formula is C11H17NO4. The van der Waals surface area contributed by atoms with Crippen LogP contribution in [0.4, 0.5) is 4.79 Å². The first-order chi connectivity index (χ1) is 7.28. The number of carbonyl (C=O) groups is 2. The molecular weight excluding hydrogens is 210 g/mol. The Morgan fingerprint density at radius 2 is 2.00 bits per heavy atom. The Kier molecular flexibility index (Phi) is 5.37. The summed E-state index contributed by atoms with van der Waals surface area (Å²) in [7, 11) is 1.25. The summed E-state index contributed by atoms with van der Waals surface area (Å²) in [5.74, 6) is 1.78. The molecule has 0 rings (SSSR count). The van der Waals surface area contributed by atoms with Crippen molar-refractivity contribution in [2.75, 3.05) is 7.11 Å². The first-order valence-electron chi connectivity index (χ1n) is 4.81. The Balaban J connectivity index is 4.19. The minimum absolute atomic E-state index is 0.0771. The van der Waals surface area contributed by atoms with Gasteiger partial charge in [-0.25, -0.2) is 4.79 Å². The van der Waals surface area contributed by atoms with E-state index in [0.29, 0.717) is 0 Å². The zero-order chi connectivity index (χ0) is 12.8. The van der Waals surface area contributed by atoms with Crippen LogP contribution in [0.1, 0.15) is 27.2 Å². The van der Waals surface area contributed by atoms with E-state index in [4.69, 9.17) is 11.2 Å². The van der Waals surface area contributed by atoms with Crippen LogP contribution in [-0.2, 0) is 14.3 Å². The van der Waals surface area contributed by atoms with E-state index in [9.17, 15) is 9.59 Å². The third-order valence-electron chi connectivity index (χ3n) is 1.49. The number of rotatable bonds is 3. The largest absolute Gasteiger partial charge is 0.469 e. The summed E-state index contributed by atoms with van der Waals surface area (Å²) in [6.07, 6.45) is 4.43. The minimum Gasteiger partial charge on any atom is -0.469 e. The number of alkyl carbamates (subject to hydrolysis) is 1. The van der Waals surface area contributed by atoms with Crippen molar-refractivity contribution in [1.82, 2.24) is 5.32 Å². The summed E-state index contributed by atoms with van der Waals surface area (Å²) in [6.45, 7) is 5.20. The molecule has 0 aromatic heterocycles. The molecule has 1 amide bonds. The predicted molar refractivity (Wildman–Crippen MR) is 58.6 cm³/mol. The van der Waals surface area contributed by atoms with Gasteiger partial charge in [-0.1, -0.05) is 5.92 Å². The molecule has 0 heterocycles. The summed E-state index contributed by atoms with van der Waals surface area (Å²) in [4.78, 5) is 22.3. The van der Waals surface area contributed by atoms with E-state index in [1.165, 1.54) is 7.11 Å². The second-order valence-electron chi connectivity index (χ2n) is 4.15. The van der Waals surface area contributed by atoms with Crippen molar-refractivity contribution in [1.29, 1.82) is 0 Å². The fourth-order valence-electron chi connectivity index (χ4n) is 0.851. The zero-order valence-corrected chi connectivity index (χ0v) is 9.99. The molecule has 0 aromatic rings. The third kappa shape index (κ3) is 6.71. The van der Waals surface area contributed by atoms with Crippen molar-refractivity contribution >= 4 is 12.1 Å². The van der Waals surface area contributed by atoms with Gasteiger partial charge in [0, 0.05) is 0 Å². The van der Waals surface area contributed by atoms with Gasteiger partial charge in [-0.3, -0.25) is 4.79 Å². The Morgan fingerprint density at radius 1 is 1.44 bits per heavy atom. The number of methoxy groups -OCH3 is 1. The number of carbonyl (C=O) groups excluding carboxylic acids is 2. The molecule has 0 unspecified atom stereocenters. The molecule has 0 radical (unpaired) electrons. The van der Waals surface area contributed by atoms with E-state index in [0.717, 1.165) is 0 Å². The zero-order valence-electron chi connectivity index (χ0n) is 9.99. The SMILES string of the molecule is C#C[C@H](CC(=O)OC)NC(=O)OC(C)(C)C. The Bertz CT molecular complexity index is 298. The highest BCUT2D eigenvalue weighted by Gasteiger charge is 2.20. The van der Waals surface area contributed by atoms with Gasteiger partial charge in [-0.05, 0) is 20.8 Å². The highest BCUT2D eigenvalue weighted by Crippen LogP contribution is 2.07.